The first-order valence-electron chi connectivity index (χ1n) is 22.4. The van der Waals surface area contributed by atoms with Crippen LogP contribution in [0, 0.1) is 34.0 Å². The van der Waals surface area contributed by atoms with E-state index in [2.05, 4.69) is 16.7 Å². The zero-order chi connectivity index (χ0) is 48.7. The molecule has 3 fully saturated rings. The van der Waals surface area contributed by atoms with Gasteiger partial charge in [0.05, 0.1) is 28.7 Å². The third kappa shape index (κ3) is 9.55. The number of hydrogen-bond acceptors (Lipinski definition) is 12. The first kappa shape index (κ1) is 49.2. The van der Waals surface area contributed by atoms with Gasteiger partial charge < -0.3 is 29.9 Å². The lowest BCUT2D eigenvalue weighted by Crippen LogP contribution is -2.53. The predicted molar refractivity (Wildman–Crippen MR) is 239 cm³/mol. The molecule has 358 valence electrons. The van der Waals surface area contributed by atoms with E-state index in [0.29, 0.717) is 48.7 Å². The van der Waals surface area contributed by atoms with Gasteiger partial charge in [-0.1, -0.05) is 49.2 Å². The lowest BCUT2D eigenvalue weighted by molar-refractivity contribution is -0.163. The first-order valence-corrected chi connectivity index (χ1v) is 23.9. The van der Waals surface area contributed by atoms with Crippen molar-refractivity contribution in [3.05, 3.63) is 77.4 Å². The van der Waals surface area contributed by atoms with Gasteiger partial charge in [-0.2, -0.15) is 14.0 Å². The zero-order valence-corrected chi connectivity index (χ0v) is 39.3. The number of carbonyl (C=O) groups excluding carboxylic acids is 6. The summed E-state index contributed by atoms with van der Waals surface area (Å²) in [6.07, 6.45) is 3.67. The van der Waals surface area contributed by atoms with E-state index in [0.717, 1.165) is 18.6 Å². The maximum atomic E-state index is 16.4. The van der Waals surface area contributed by atoms with Crippen molar-refractivity contribution in [2.24, 2.45) is 22.7 Å². The SMILES string of the molecule is CC(C)(C)C(=O)OCOP(=O)(OCOC(=O)C(C)(C)C)C(F)(F)c1ccc2ccc(C(=O)NCC3CCCC[C@H]4CC[C@@H](C(=O)N5C[C@H](C#N)[C@]6(C5)C(=O)Nc5ccccc56)N4C3=O)cc2c1. The molecule has 0 aromatic heterocycles. The standard InChI is InChI=1S/C48H56F2N5O11P/c1-45(2,3)43(60)63-27-65-67(62,66-28-64-44(61)46(4,5)6)48(49,50)33-18-17-29-15-16-30(21-32(29)22-33)39(56)52-24-31-11-7-8-12-35-19-20-38(55(35)40(31)57)41(58)54-25-34(23-51)47(26-54)36-13-9-10-14-37(36)53-42(47)59/h9-10,13-18,21-22,31,34-35,38H,7-8,11-12,19-20,24-28H2,1-6H3,(H,52,56)(H,53,59)/t31?,34-,35-,38-,47-/m0/s1. The van der Waals surface area contributed by atoms with Crippen LogP contribution in [0.4, 0.5) is 14.5 Å². The van der Waals surface area contributed by atoms with Crippen LogP contribution in [0.2, 0.25) is 0 Å². The Hall–Kier alpha value is -5.76. The molecule has 0 saturated carbocycles. The number of amides is 4. The van der Waals surface area contributed by atoms with Gasteiger partial charge >= 0.3 is 25.2 Å². The molecule has 19 heteroatoms. The molecule has 2 N–H and O–H groups in total. The molecule has 4 aliphatic rings. The van der Waals surface area contributed by atoms with E-state index in [4.69, 9.17) is 18.5 Å². The van der Waals surface area contributed by atoms with Gasteiger partial charge in [0.1, 0.15) is 11.5 Å². The van der Waals surface area contributed by atoms with E-state index in [9.17, 15) is 38.6 Å². The average Bonchev–Trinajstić information content (AvgIpc) is 3.97. The third-order valence-corrected chi connectivity index (χ3v) is 14.9. The van der Waals surface area contributed by atoms with Crippen LogP contribution in [-0.4, -0.2) is 90.7 Å². The monoisotopic (exact) mass is 947 g/mol. The summed E-state index contributed by atoms with van der Waals surface area (Å²) in [5.41, 5.74) is -7.18. The number of nitrogens with zero attached hydrogens (tertiary/aromatic N) is 3. The lowest BCUT2D eigenvalue weighted by atomic mass is 9.74. The van der Waals surface area contributed by atoms with Crippen LogP contribution in [0.3, 0.4) is 0 Å². The third-order valence-electron chi connectivity index (χ3n) is 13.1. The predicted octanol–water partition coefficient (Wildman–Crippen LogP) is 7.36. The molecule has 67 heavy (non-hydrogen) atoms. The fraction of sp³-hybridized carbons (Fsp3) is 0.521. The van der Waals surface area contributed by atoms with E-state index >= 15 is 8.78 Å². The summed E-state index contributed by atoms with van der Waals surface area (Å²) in [7, 11) is -5.61. The number of ether oxygens (including phenoxy) is 2. The average molecular weight is 948 g/mol. The number of anilines is 1. The molecule has 4 aliphatic heterocycles. The number of rotatable bonds is 12. The number of benzene rings is 3. The molecule has 3 aromatic carbocycles. The number of para-hydroxylation sites is 1. The number of likely N-dealkylation sites (tertiary alicyclic amines) is 1. The molecule has 3 saturated heterocycles. The second-order valence-electron chi connectivity index (χ2n) is 19.7. The minimum Gasteiger partial charge on any atom is -0.438 e. The van der Waals surface area contributed by atoms with Gasteiger partial charge in [0.25, 0.3) is 5.91 Å². The molecule has 4 heterocycles. The molecule has 7 rings (SSSR count). The molecule has 0 aliphatic carbocycles. The van der Waals surface area contributed by atoms with Crippen LogP contribution in [-0.2, 0) is 58.1 Å². The summed E-state index contributed by atoms with van der Waals surface area (Å²) in [5.74, 6) is -4.67. The van der Waals surface area contributed by atoms with E-state index in [1.165, 1.54) is 65.8 Å². The van der Waals surface area contributed by atoms with Crippen LogP contribution < -0.4 is 10.6 Å². The highest BCUT2D eigenvalue weighted by Crippen LogP contribution is 2.67. The number of carbonyl (C=O) groups is 6. The number of halogens is 2. The molecule has 0 radical (unpaired) electrons. The van der Waals surface area contributed by atoms with Gasteiger partial charge in [-0.05, 0) is 108 Å². The van der Waals surface area contributed by atoms with E-state index in [1.54, 1.807) is 34.1 Å². The van der Waals surface area contributed by atoms with Crippen molar-refractivity contribution < 1.29 is 60.6 Å². The Labute approximate surface area is 387 Å². The van der Waals surface area contributed by atoms with Crippen LogP contribution in [0.1, 0.15) is 102 Å². The lowest BCUT2D eigenvalue weighted by Gasteiger charge is -2.36. The Morgan fingerprint density at radius 1 is 0.866 bits per heavy atom. The molecule has 3 aromatic rings. The maximum Gasteiger partial charge on any atom is 0.410 e. The van der Waals surface area contributed by atoms with Crippen LogP contribution in [0.5, 0.6) is 0 Å². The number of nitrogens with one attached hydrogen (secondary N) is 2. The summed E-state index contributed by atoms with van der Waals surface area (Å²) in [5, 5.41) is 16.5. The van der Waals surface area contributed by atoms with Crippen molar-refractivity contribution >= 4 is 59.6 Å². The minimum atomic E-state index is -5.61. The van der Waals surface area contributed by atoms with Gasteiger partial charge in [0.2, 0.25) is 31.3 Å². The van der Waals surface area contributed by atoms with Gasteiger partial charge in [0.15, 0.2) is 0 Å². The normalized spacial score (nSPS) is 23.2. The van der Waals surface area contributed by atoms with Gasteiger partial charge in [0, 0.05) is 42.5 Å². The highest BCUT2D eigenvalue weighted by molar-refractivity contribution is 7.54. The van der Waals surface area contributed by atoms with Crippen LogP contribution in [0.15, 0.2) is 60.7 Å². The van der Waals surface area contributed by atoms with Gasteiger partial charge in [-0.25, -0.2) is 0 Å². The van der Waals surface area contributed by atoms with Crippen molar-refractivity contribution in [2.75, 3.05) is 38.5 Å². The largest absolute Gasteiger partial charge is 0.438 e. The van der Waals surface area contributed by atoms with Crippen LogP contribution >= 0.6 is 7.60 Å². The van der Waals surface area contributed by atoms with Gasteiger partial charge in [-0.3, -0.25) is 42.4 Å². The second-order valence-corrected chi connectivity index (χ2v) is 21.8. The molecular formula is C48H56F2N5O11P. The summed E-state index contributed by atoms with van der Waals surface area (Å²) < 4.78 is 66.6. The van der Waals surface area contributed by atoms with E-state index in [-0.39, 0.29) is 54.3 Å². The Kier molecular flexibility index (Phi) is 13.7. The van der Waals surface area contributed by atoms with E-state index in [1.807, 2.05) is 0 Å². The van der Waals surface area contributed by atoms with Crippen molar-refractivity contribution in [3.63, 3.8) is 0 Å². The molecular weight excluding hydrogens is 892 g/mol. The summed E-state index contributed by atoms with van der Waals surface area (Å²) in [6, 6.07) is 16.1. The first-order chi connectivity index (χ1) is 31.5. The molecule has 4 amide bonds. The smallest absolute Gasteiger partial charge is 0.410 e. The number of fused-ring (bicyclic) bond motifs is 4. The topological polar surface area (TPSA) is 211 Å². The Morgan fingerprint density at radius 2 is 1.51 bits per heavy atom. The number of nitriles is 1. The highest BCUT2D eigenvalue weighted by Gasteiger charge is 2.60. The fourth-order valence-corrected chi connectivity index (χ4v) is 10.5. The Morgan fingerprint density at radius 3 is 2.16 bits per heavy atom. The summed E-state index contributed by atoms with van der Waals surface area (Å²) >= 11 is 0. The number of hydrogen-bond donors (Lipinski definition) is 2. The zero-order valence-electron chi connectivity index (χ0n) is 38.4. The molecule has 1 unspecified atom stereocenters. The van der Waals surface area contributed by atoms with Gasteiger partial charge in [-0.15, -0.1) is 0 Å². The number of alkyl halides is 2. The number of esters is 2. The Bertz CT molecular complexity index is 2530. The summed E-state index contributed by atoms with van der Waals surface area (Å²) in [6.45, 7) is 6.76. The highest BCUT2D eigenvalue weighted by atomic mass is 31.2. The minimum absolute atomic E-state index is 0.00488. The fourth-order valence-electron chi connectivity index (χ4n) is 9.24. The van der Waals surface area contributed by atoms with Crippen molar-refractivity contribution in [2.45, 2.75) is 103 Å². The quantitative estimate of drug-likeness (QED) is 0.104. The van der Waals surface area contributed by atoms with Crippen molar-refractivity contribution in [3.8, 4) is 6.07 Å². The maximum absolute atomic E-state index is 16.4. The second kappa shape index (κ2) is 18.7. The molecule has 1 spiro atoms. The molecule has 0 bridgehead atoms. The Balaban J connectivity index is 1.05. The molecule has 16 nitrogen and oxygen atoms in total. The van der Waals surface area contributed by atoms with Crippen molar-refractivity contribution in [1.29, 1.82) is 5.26 Å². The van der Waals surface area contributed by atoms with E-state index < -0.39 is 84.4 Å². The van der Waals surface area contributed by atoms with Crippen molar-refractivity contribution in [1.82, 2.24) is 15.1 Å². The summed E-state index contributed by atoms with van der Waals surface area (Å²) in [4.78, 5) is 83.9. The molecule has 5 atom stereocenters. The van der Waals surface area contributed by atoms with Crippen LogP contribution in [0.25, 0.3) is 10.8 Å².